The molecule has 3 atom stereocenters. The van der Waals surface area contributed by atoms with E-state index in [-0.39, 0.29) is 5.25 Å². The predicted molar refractivity (Wildman–Crippen MR) is 66.2 cm³/mol. The van der Waals surface area contributed by atoms with E-state index in [2.05, 4.69) is 12.2 Å². The number of ether oxygens (including phenoxy) is 2. The van der Waals surface area contributed by atoms with Gasteiger partial charge >= 0.3 is 0 Å². The smallest absolute Gasteiger partial charge is 0.0736 e. The first-order chi connectivity index (χ1) is 7.79. The normalized spacial score (nSPS) is 27.9. The maximum atomic E-state index is 12.0. The second-order valence-electron chi connectivity index (χ2n) is 4.04. The van der Waals surface area contributed by atoms with E-state index in [4.69, 9.17) is 9.47 Å². The summed E-state index contributed by atoms with van der Waals surface area (Å²) < 4.78 is 22.4. The summed E-state index contributed by atoms with van der Waals surface area (Å²) in [4.78, 5) is 0. The van der Waals surface area contributed by atoms with Crippen molar-refractivity contribution < 1.29 is 13.7 Å². The molecule has 1 fully saturated rings. The molecule has 0 spiro atoms. The lowest BCUT2D eigenvalue weighted by Gasteiger charge is -2.31. The zero-order valence-electron chi connectivity index (χ0n) is 10.2. The van der Waals surface area contributed by atoms with Crippen LogP contribution >= 0.6 is 0 Å². The van der Waals surface area contributed by atoms with Gasteiger partial charge in [-0.05, 0) is 19.4 Å². The molecule has 0 aromatic carbocycles. The number of nitrogens with one attached hydrogen (secondary N) is 1. The zero-order valence-corrected chi connectivity index (χ0v) is 11.1. The van der Waals surface area contributed by atoms with Crippen LogP contribution in [0.3, 0.4) is 0 Å². The number of hydrogen-bond donors (Lipinski definition) is 1. The van der Waals surface area contributed by atoms with Crippen LogP contribution in [0.25, 0.3) is 0 Å². The van der Waals surface area contributed by atoms with Crippen molar-refractivity contribution >= 4 is 10.8 Å². The van der Waals surface area contributed by atoms with E-state index in [1.54, 1.807) is 7.11 Å². The minimum Gasteiger partial charge on any atom is -0.384 e. The van der Waals surface area contributed by atoms with Crippen molar-refractivity contribution in [3.8, 4) is 0 Å². The molecule has 5 heteroatoms. The lowest BCUT2D eigenvalue weighted by Crippen LogP contribution is -2.49. The summed E-state index contributed by atoms with van der Waals surface area (Å²) in [6.07, 6.45) is 2.07. The quantitative estimate of drug-likeness (QED) is 0.715. The molecule has 0 amide bonds. The van der Waals surface area contributed by atoms with Crippen molar-refractivity contribution in [1.29, 1.82) is 0 Å². The van der Waals surface area contributed by atoms with Gasteiger partial charge in [-0.25, -0.2) is 0 Å². The number of hydrogen-bond acceptors (Lipinski definition) is 4. The van der Waals surface area contributed by atoms with Crippen LogP contribution in [0.5, 0.6) is 0 Å². The monoisotopic (exact) mass is 249 g/mol. The van der Waals surface area contributed by atoms with Gasteiger partial charge in [0.1, 0.15) is 0 Å². The molecule has 0 aliphatic carbocycles. The highest BCUT2D eigenvalue weighted by Crippen LogP contribution is 2.14. The van der Waals surface area contributed by atoms with Crippen molar-refractivity contribution in [1.82, 2.24) is 5.32 Å². The molecule has 1 rings (SSSR count). The first-order valence-electron chi connectivity index (χ1n) is 5.96. The van der Waals surface area contributed by atoms with Gasteiger partial charge in [-0.2, -0.15) is 0 Å². The van der Waals surface area contributed by atoms with Gasteiger partial charge in [-0.15, -0.1) is 0 Å². The van der Waals surface area contributed by atoms with Crippen LogP contribution in [0.2, 0.25) is 0 Å². The van der Waals surface area contributed by atoms with Crippen LogP contribution in [-0.4, -0.2) is 54.7 Å². The van der Waals surface area contributed by atoms with Gasteiger partial charge in [0.05, 0.1) is 18.5 Å². The standard InChI is InChI=1S/C11H23NO3S/c1-3-5-12-10-4-6-15-9-11(10)16(13)8-7-14-2/h10-12H,3-9H2,1-2H3. The molecule has 1 N–H and O–H groups in total. The third kappa shape index (κ3) is 4.49. The van der Waals surface area contributed by atoms with Crippen molar-refractivity contribution in [2.45, 2.75) is 31.1 Å². The summed E-state index contributed by atoms with van der Waals surface area (Å²) >= 11 is 0. The topological polar surface area (TPSA) is 47.6 Å². The van der Waals surface area contributed by atoms with Gasteiger partial charge in [0.25, 0.3) is 0 Å². The van der Waals surface area contributed by atoms with E-state index >= 15 is 0 Å². The Balaban J connectivity index is 2.42. The fraction of sp³-hybridized carbons (Fsp3) is 1.00. The molecular formula is C11H23NO3S. The van der Waals surface area contributed by atoms with Crippen molar-refractivity contribution in [3.63, 3.8) is 0 Å². The summed E-state index contributed by atoms with van der Waals surface area (Å²) in [5.74, 6) is 0.606. The minimum absolute atomic E-state index is 0.121. The van der Waals surface area contributed by atoms with E-state index in [9.17, 15) is 4.21 Å². The van der Waals surface area contributed by atoms with Gasteiger partial charge in [0.2, 0.25) is 0 Å². The first kappa shape index (κ1) is 14.1. The van der Waals surface area contributed by atoms with Gasteiger partial charge in [-0.3, -0.25) is 4.21 Å². The van der Waals surface area contributed by atoms with E-state index in [1.165, 1.54) is 0 Å². The highest BCUT2D eigenvalue weighted by atomic mass is 32.2. The lowest BCUT2D eigenvalue weighted by atomic mass is 10.1. The molecule has 0 aromatic heterocycles. The maximum absolute atomic E-state index is 12.0. The van der Waals surface area contributed by atoms with Gasteiger partial charge < -0.3 is 14.8 Å². The Morgan fingerprint density at radius 1 is 1.56 bits per heavy atom. The molecule has 0 saturated carbocycles. The molecule has 16 heavy (non-hydrogen) atoms. The largest absolute Gasteiger partial charge is 0.384 e. The van der Waals surface area contributed by atoms with Crippen LogP contribution in [0.15, 0.2) is 0 Å². The highest BCUT2D eigenvalue weighted by molar-refractivity contribution is 7.85. The van der Waals surface area contributed by atoms with Crippen LogP contribution < -0.4 is 5.32 Å². The number of rotatable bonds is 7. The summed E-state index contributed by atoms with van der Waals surface area (Å²) in [5, 5.41) is 3.59. The summed E-state index contributed by atoms with van der Waals surface area (Å²) in [6, 6.07) is 0.339. The lowest BCUT2D eigenvalue weighted by molar-refractivity contribution is 0.0819. The van der Waals surface area contributed by atoms with Gasteiger partial charge in [0.15, 0.2) is 0 Å². The number of methoxy groups -OCH3 is 1. The Morgan fingerprint density at radius 3 is 3.06 bits per heavy atom. The van der Waals surface area contributed by atoms with Crippen LogP contribution in [0.4, 0.5) is 0 Å². The Hall–Kier alpha value is 0.0300. The third-order valence-corrected chi connectivity index (χ3v) is 4.50. The predicted octanol–water partition coefficient (Wildman–Crippen LogP) is 0.539. The minimum atomic E-state index is -0.852. The van der Waals surface area contributed by atoms with Crippen molar-refractivity contribution in [2.75, 3.05) is 39.2 Å². The third-order valence-electron chi connectivity index (χ3n) is 2.79. The van der Waals surface area contributed by atoms with E-state index < -0.39 is 10.8 Å². The molecule has 1 aliphatic rings. The molecule has 1 aliphatic heterocycles. The van der Waals surface area contributed by atoms with Crippen LogP contribution in [0.1, 0.15) is 19.8 Å². The Morgan fingerprint density at radius 2 is 2.38 bits per heavy atom. The first-order valence-corrected chi connectivity index (χ1v) is 7.35. The maximum Gasteiger partial charge on any atom is 0.0736 e. The average molecular weight is 249 g/mol. The fourth-order valence-corrected chi connectivity index (χ4v) is 3.33. The van der Waals surface area contributed by atoms with Gasteiger partial charge in [-0.1, -0.05) is 6.92 Å². The summed E-state index contributed by atoms with van der Waals surface area (Å²) in [7, 11) is 0.788. The molecule has 4 nitrogen and oxygen atoms in total. The average Bonchev–Trinajstić information content (AvgIpc) is 2.33. The van der Waals surface area contributed by atoms with E-state index in [0.29, 0.717) is 25.0 Å². The Labute approximate surface area is 101 Å². The highest BCUT2D eigenvalue weighted by Gasteiger charge is 2.29. The Kier molecular flexibility index (Phi) is 7.20. The van der Waals surface area contributed by atoms with E-state index in [1.807, 2.05) is 0 Å². The Bertz CT molecular complexity index is 213. The zero-order chi connectivity index (χ0) is 11.8. The van der Waals surface area contributed by atoms with E-state index in [0.717, 1.165) is 26.0 Å². The molecule has 1 saturated heterocycles. The molecule has 0 aromatic rings. The van der Waals surface area contributed by atoms with Crippen molar-refractivity contribution in [3.05, 3.63) is 0 Å². The van der Waals surface area contributed by atoms with Crippen LogP contribution in [-0.2, 0) is 20.3 Å². The fourth-order valence-electron chi connectivity index (χ4n) is 1.85. The second-order valence-corrected chi connectivity index (χ2v) is 5.82. The molecule has 3 unspecified atom stereocenters. The van der Waals surface area contributed by atoms with Crippen LogP contribution in [0, 0.1) is 0 Å². The molecule has 0 bridgehead atoms. The summed E-state index contributed by atoms with van der Waals surface area (Å²) in [6.45, 7) is 5.08. The molecule has 0 radical (unpaired) electrons. The van der Waals surface area contributed by atoms with Gasteiger partial charge in [0, 0.05) is 36.3 Å². The molecule has 1 heterocycles. The second kappa shape index (κ2) is 8.17. The SMILES string of the molecule is CCCNC1CCOCC1S(=O)CCOC. The van der Waals surface area contributed by atoms with Crippen molar-refractivity contribution in [2.24, 2.45) is 0 Å². The molecular weight excluding hydrogens is 226 g/mol. The summed E-state index contributed by atoms with van der Waals surface area (Å²) in [5.41, 5.74) is 0. The molecule has 96 valence electrons.